The highest BCUT2D eigenvalue weighted by molar-refractivity contribution is 5.26. The van der Waals surface area contributed by atoms with E-state index in [1.165, 1.54) is 11.1 Å². The third-order valence-electron chi connectivity index (χ3n) is 3.27. The molecule has 0 bridgehead atoms. The van der Waals surface area contributed by atoms with Crippen molar-refractivity contribution in [3.05, 3.63) is 35.4 Å². The van der Waals surface area contributed by atoms with Crippen LogP contribution in [0, 0.1) is 6.92 Å². The molecule has 0 aliphatic carbocycles. The Morgan fingerprint density at radius 1 is 1.24 bits per heavy atom. The van der Waals surface area contributed by atoms with Gasteiger partial charge in [-0.2, -0.15) is 0 Å². The minimum Gasteiger partial charge on any atom is -0.326 e. The minimum absolute atomic E-state index is 0.138. The first-order valence-electron chi connectivity index (χ1n) is 6.55. The van der Waals surface area contributed by atoms with Gasteiger partial charge in [-0.3, -0.25) is 4.90 Å². The number of rotatable bonds is 5. The zero-order valence-corrected chi connectivity index (χ0v) is 11.8. The lowest BCUT2D eigenvalue weighted by Crippen LogP contribution is -2.43. The Bertz CT molecular complexity index is 345. The maximum absolute atomic E-state index is 6.19. The number of likely N-dealkylation sites (N-methyl/N-ethyl adjacent to an activating group) is 1. The summed E-state index contributed by atoms with van der Waals surface area (Å²) in [5.41, 5.74) is 8.82. The van der Waals surface area contributed by atoms with E-state index in [4.69, 9.17) is 5.73 Å². The molecule has 0 spiro atoms. The van der Waals surface area contributed by atoms with Crippen LogP contribution >= 0.6 is 0 Å². The molecule has 0 aliphatic rings. The Morgan fingerprint density at radius 3 is 2.29 bits per heavy atom. The molecular formula is C15H26N2. The van der Waals surface area contributed by atoms with Crippen LogP contribution in [0.2, 0.25) is 0 Å². The van der Waals surface area contributed by atoms with Gasteiger partial charge in [0.15, 0.2) is 0 Å². The standard InChI is InChI=1S/C15H26N2/c1-6-17(11(2)3)15(13(5)16)14-9-7-8-12(4)10-14/h7-11,13,15H,6,16H2,1-5H3. The highest BCUT2D eigenvalue weighted by Gasteiger charge is 2.24. The van der Waals surface area contributed by atoms with Gasteiger partial charge in [0.2, 0.25) is 0 Å². The molecule has 0 saturated heterocycles. The van der Waals surface area contributed by atoms with Gasteiger partial charge in [-0.25, -0.2) is 0 Å². The molecule has 17 heavy (non-hydrogen) atoms. The van der Waals surface area contributed by atoms with E-state index < -0.39 is 0 Å². The first kappa shape index (κ1) is 14.2. The molecule has 2 heteroatoms. The van der Waals surface area contributed by atoms with Crippen LogP contribution in [0.15, 0.2) is 24.3 Å². The third-order valence-corrected chi connectivity index (χ3v) is 3.27. The van der Waals surface area contributed by atoms with Gasteiger partial charge in [0.05, 0.1) is 0 Å². The van der Waals surface area contributed by atoms with Gasteiger partial charge >= 0.3 is 0 Å². The Morgan fingerprint density at radius 2 is 1.88 bits per heavy atom. The fourth-order valence-corrected chi connectivity index (χ4v) is 2.53. The van der Waals surface area contributed by atoms with Crippen LogP contribution in [0.5, 0.6) is 0 Å². The van der Waals surface area contributed by atoms with Gasteiger partial charge in [-0.1, -0.05) is 36.8 Å². The summed E-state index contributed by atoms with van der Waals surface area (Å²) in [5.74, 6) is 0. The average molecular weight is 234 g/mol. The van der Waals surface area contributed by atoms with Gasteiger partial charge in [-0.15, -0.1) is 0 Å². The van der Waals surface area contributed by atoms with Crippen molar-refractivity contribution < 1.29 is 0 Å². The van der Waals surface area contributed by atoms with Gasteiger partial charge in [0.1, 0.15) is 0 Å². The molecule has 0 fully saturated rings. The number of hydrogen-bond acceptors (Lipinski definition) is 2. The van der Waals surface area contributed by atoms with E-state index in [1.807, 2.05) is 0 Å². The Balaban J connectivity index is 3.08. The fraction of sp³-hybridized carbons (Fsp3) is 0.600. The topological polar surface area (TPSA) is 29.3 Å². The lowest BCUT2D eigenvalue weighted by molar-refractivity contribution is 0.144. The van der Waals surface area contributed by atoms with Gasteiger partial charge in [0, 0.05) is 18.1 Å². The van der Waals surface area contributed by atoms with Gasteiger partial charge in [0.25, 0.3) is 0 Å². The zero-order chi connectivity index (χ0) is 13.0. The second-order valence-corrected chi connectivity index (χ2v) is 5.14. The predicted molar refractivity (Wildman–Crippen MR) is 75.1 cm³/mol. The summed E-state index contributed by atoms with van der Waals surface area (Å²) in [6.45, 7) is 11.9. The van der Waals surface area contributed by atoms with E-state index in [1.54, 1.807) is 0 Å². The van der Waals surface area contributed by atoms with Crippen LogP contribution in [0.1, 0.15) is 44.9 Å². The number of aryl methyl sites for hydroxylation is 1. The second kappa shape index (κ2) is 6.18. The quantitative estimate of drug-likeness (QED) is 0.848. The maximum Gasteiger partial charge on any atom is 0.0499 e. The normalized spacial score (nSPS) is 15.3. The summed E-state index contributed by atoms with van der Waals surface area (Å²) in [6.07, 6.45) is 0. The predicted octanol–water partition coefficient (Wildman–Crippen LogP) is 3.11. The summed E-state index contributed by atoms with van der Waals surface area (Å²) in [4.78, 5) is 2.46. The largest absolute Gasteiger partial charge is 0.326 e. The molecule has 0 aromatic heterocycles. The van der Waals surface area contributed by atoms with Gasteiger partial charge in [-0.05, 0) is 39.8 Å². The van der Waals surface area contributed by atoms with Crippen LogP contribution < -0.4 is 5.73 Å². The molecule has 1 aromatic rings. The second-order valence-electron chi connectivity index (χ2n) is 5.14. The molecule has 1 aromatic carbocycles. The van der Waals surface area contributed by atoms with Crippen molar-refractivity contribution in [2.24, 2.45) is 5.73 Å². The van der Waals surface area contributed by atoms with Gasteiger partial charge < -0.3 is 5.73 Å². The minimum atomic E-state index is 0.138. The first-order valence-corrected chi connectivity index (χ1v) is 6.55. The molecule has 2 nitrogen and oxygen atoms in total. The Hall–Kier alpha value is -0.860. The van der Waals surface area contributed by atoms with E-state index in [2.05, 4.69) is 63.8 Å². The van der Waals surface area contributed by atoms with E-state index in [0.29, 0.717) is 12.1 Å². The highest BCUT2D eigenvalue weighted by atomic mass is 15.2. The lowest BCUT2D eigenvalue weighted by Gasteiger charge is -2.37. The molecular weight excluding hydrogens is 208 g/mol. The molecule has 96 valence electrons. The fourth-order valence-electron chi connectivity index (χ4n) is 2.53. The molecule has 2 N–H and O–H groups in total. The summed E-state index contributed by atoms with van der Waals surface area (Å²) < 4.78 is 0. The van der Waals surface area contributed by atoms with E-state index in [9.17, 15) is 0 Å². The van der Waals surface area contributed by atoms with Crippen LogP contribution in [-0.4, -0.2) is 23.5 Å². The summed E-state index contributed by atoms with van der Waals surface area (Å²) in [5, 5.41) is 0. The van der Waals surface area contributed by atoms with E-state index >= 15 is 0 Å². The Labute approximate surface area is 106 Å². The first-order chi connectivity index (χ1) is 7.97. The molecule has 0 amide bonds. The SMILES string of the molecule is CCN(C(C)C)C(c1cccc(C)c1)C(C)N. The zero-order valence-electron chi connectivity index (χ0n) is 11.8. The molecule has 1 rings (SSSR count). The molecule has 2 atom stereocenters. The molecule has 0 saturated carbocycles. The molecule has 0 aliphatic heterocycles. The number of nitrogens with two attached hydrogens (primary N) is 1. The van der Waals surface area contributed by atoms with Crippen molar-refractivity contribution in [2.75, 3.05) is 6.54 Å². The van der Waals surface area contributed by atoms with Crippen molar-refractivity contribution >= 4 is 0 Å². The van der Waals surface area contributed by atoms with Crippen molar-refractivity contribution in [1.82, 2.24) is 4.90 Å². The van der Waals surface area contributed by atoms with Crippen LogP contribution in [-0.2, 0) is 0 Å². The summed E-state index contributed by atoms with van der Waals surface area (Å²) >= 11 is 0. The highest BCUT2D eigenvalue weighted by Crippen LogP contribution is 2.25. The number of hydrogen-bond donors (Lipinski definition) is 1. The molecule has 0 radical (unpaired) electrons. The van der Waals surface area contributed by atoms with Crippen LogP contribution in [0.25, 0.3) is 0 Å². The number of nitrogens with zero attached hydrogens (tertiary/aromatic N) is 1. The van der Waals surface area contributed by atoms with Crippen molar-refractivity contribution in [2.45, 2.75) is 52.7 Å². The van der Waals surface area contributed by atoms with Crippen molar-refractivity contribution in [3.63, 3.8) is 0 Å². The monoisotopic (exact) mass is 234 g/mol. The lowest BCUT2D eigenvalue weighted by atomic mass is 9.96. The van der Waals surface area contributed by atoms with Crippen LogP contribution in [0.3, 0.4) is 0 Å². The van der Waals surface area contributed by atoms with Crippen LogP contribution in [0.4, 0.5) is 0 Å². The average Bonchev–Trinajstić information content (AvgIpc) is 2.24. The van der Waals surface area contributed by atoms with Crippen molar-refractivity contribution in [1.29, 1.82) is 0 Å². The number of benzene rings is 1. The smallest absolute Gasteiger partial charge is 0.0499 e. The molecule has 2 unspecified atom stereocenters. The summed E-state index contributed by atoms with van der Waals surface area (Å²) in [6, 6.07) is 9.64. The molecule has 0 heterocycles. The summed E-state index contributed by atoms with van der Waals surface area (Å²) in [7, 11) is 0. The van der Waals surface area contributed by atoms with E-state index in [0.717, 1.165) is 6.54 Å². The third kappa shape index (κ3) is 3.55. The Kier molecular flexibility index (Phi) is 5.16. The van der Waals surface area contributed by atoms with E-state index in [-0.39, 0.29) is 6.04 Å². The maximum atomic E-state index is 6.19. The van der Waals surface area contributed by atoms with Crippen molar-refractivity contribution in [3.8, 4) is 0 Å².